The first kappa shape index (κ1) is 11.7. The van der Waals surface area contributed by atoms with Crippen LogP contribution in [0.4, 0.5) is 5.69 Å². The first-order valence-corrected chi connectivity index (χ1v) is 6.15. The smallest absolute Gasteiger partial charge is 0.252 e. The maximum Gasteiger partial charge on any atom is 0.252 e. The van der Waals surface area contributed by atoms with Gasteiger partial charge < -0.3 is 4.90 Å². The van der Waals surface area contributed by atoms with Crippen molar-refractivity contribution < 1.29 is 4.79 Å². The molecule has 1 amide bonds. The highest BCUT2D eigenvalue weighted by molar-refractivity contribution is 6.39. The number of benzene rings is 1. The van der Waals surface area contributed by atoms with Crippen LogP contribution in [0.5, 0.6) is 0 Å². The largest absolute Gasteiger partial charge is 0.313 e. The number of rotatable bonds is 3. The lowest BCUT2D eigenvalue weighted by atomic mass is 9.95. The average molecular weight is 258 g/mol. The third kappa shape index (κ3) is 1.61. The summed E-state index contributed by atoms with van der Waals surface area (Å²) in [5.41, 5.74) is 1.80. The Bertz CT molecular complexity index is 421. The number of halogens is 2. The van der Waals surface area contributed by atoms with Crippen LogP contribution in [0.1, 0.15) is 18.4 Å². The molecule has 1 aliphatic rings. The Morgan fingerprint density at radius 2 is 2.06 bits per heavy atom. The van der Waals surface area contributed by atoms with Gasteiger partial charge in [0, 0.05) is 24.2 Å². The van der Waals surface area contributed by atoms with Crippen molar-refractivity contribution >= 4 is 34.8 Å². The number of fused-ring (bicyclic) bond motifs is 1. The molecule has 1 unspecified atom stereocenters. The van der Waals surface area contributed by atoms with Crippen LogP contribution < -0.4 is 4.90 Å². The zero-order valence-electron chi connectivity index (χ0n) is 9.04. The lowest BCUT2D eigenvalue weighted by molar-refractivity contribution is -0.120. The maximum absolute atomic E-state index is 12.1. The molecule has 0 fully saturated rings. The van der Waals surface area contributed by atoms with Gasteiger partial charge in [0.1, 0.15) is 0 Å². The maximum atomic E-state index is 12.1. The topological polar surface area (TPSA) is 20.3 Å². The van der Waals surface area contributed by atoms with Crippen LogP contribution in [-0.4, -0.2) is 18.8 Å². The number of hydrogen-bond donors (Lipinski definition) is 0. The van der Waals surface area contributed by atoms with Gasteiger partial charge >= 0.3 is 0 Å². The SMILES string of the molecule is CN1C(=O)C(Cl)(CCCCl)c2ccccc21. The molecule has 1 aromatic rings. The number of hydrogen-bond acceptors (Lipinski definition) is 1. The number of likely N-dealkylation sites (N-methyl/N-ethyl adjacent to an activating group) is 1. The molecule has 86 valence electrons. The van der Waals surface area contributed by atoms with Gasteiger partial charge in [0.25, 0.3) is 5.91 Å². The molecule has 0 spiro atoms. The highest BCUT2D eigenvalue weighted by atomic mass is 35.5. The van der Waals surface area contributed by atoms with E-state index < -0.39 is 4.87 Å². The summed E-state index contributed by atoms with van der Waals surface area (Å²) in [5.74, 6) is 0.466. The van der Waals surface area contributed by atoms with E-state index in [1.165, 1.54) is 0 Å². The van der Waals surface area contributed by atoms with E-state index in [4.69, 9.17) is 23.2 Å². The van der Waals surface area contributed by atoms with Crippen LogP contribution >= 0.6 is 23.2 Å². The van der Waals surface area contributed by atoms with Gasteiger partial charge in [-0.15, -0.1) is 23.2 Å². The molecular formula is C12H13Cl2NO. The fourth-order valence-corrected chi connectivity index (χ4v) is 2.70. The lowest BCUT2D eigenvalue weighted by Gasteiger charge is -2.19. The van der Waals surface area contributed by atoms with Crippen LogP contribution in [0.3, 0.4) is 0 Å². The van der Waals surface area contributed by atoms with Crippen molar-refractivity contribution in [3.05, 3.63) is 29.8 Å². The van der Waals surface area contributed by atoms with Gasteiger partial charge in [0.05, 0.1) is 0 Å². The van der Waals surface area contributed by atoms with E-state index >= 15 is 0 Å². The lowest BCUT2D eigenvalue weighted by Crippen LogP contribution is -2.34. The van der Waals surface area contributed by atoms with Crippen molar-refractivity contribution in [2.24, 2.45) is 0 Å². The molecule has 0 saturated carbocycles. The fraction of sp³-hybridized carbons (Fsp3) is 0.417. The molecule has 16 heavy (non-hydrogen) atoms. The number of carbonyl (C=O) groups is 1. The van der Waals surface area contributed by atoms with Crippen LogP contribution in [0.25, 0.3) is 0 Å². The number of alkyl halides is 2. The van der Waals surface area contributed by atoms with Gasteiger partial charge in [-0.2, -0.15) is 0 Å². The molecule has 0 saturated heterocycles. The molecule has 1 aliphatic heterocycles. The molecule has 1 atom stereocenters. The second kappa shape index (κ2) is 4.27. The minimum atomic E-state index is -0.916. The Hall–Kier alpha value is -0.730. The minimum Gasteiger partial charge on any atom is -0.313 e. The Labute approximate surface area is 105 Å². The van der Waals surface area contributed by atoms with Crippen molar-refractivity contribution in [2.75, 3.05) is 17.8 Å². The average Bonchev–Trinajstić information content (AvgIpc) is 2.51. The summed E-state index contributed by atoms with van der Waals surface area (Å²) in [4.78, 5) is 12.8. The van der Waals surface area contributed by atoms with Crippen molar-refractivity contribution in [2.45, 2.75) is 17.7 Å². The highest BCUT2D eigenvalue weighted by Gasteiger charge is 2.47. The number of para-hydroxylation sites is 1. The minimum absolute atomic E-state index is 0.0551. The van der Waals surface area contributed by atoms with E-state index in [1.54, 1.807) is 11.9 Å². The second-order valence-electron chi connectivity index (χ2n) is 3.98. The van der Waals surface area contributed by atoms with Gasteiger partial charge in [-0.1, -0.05) is 18.2 Å². The fourth-order valence-electron chi connectivity index (χ4n) is 2.14. The summed E-state index contributed by atoms with van der Waals surface area (Å²) in [7, 11) is 1.76. The number of carbonyl (C=O) groups excluding carboxylic acids is 1. The van der Waals surface area contributed by atoms with Crippen molar-refractivity contribution in [3.8, 4) is 0 Å². The predicted molar refractivity (Wildman–Crippen MR) is 67.3 cm³/mol. The van der Waals surface area contributed by atoms with E-state index in [0.29, 0.717) is 12.3 Å². The van der Waals surface area contributed by atoms with Crippen LogP contribution in [-0.2, 0) is 9.67 Å². The zero-order valence-corrected chi connectivity index (χ0v) is 10.6. The molecule has 1 aromatic carbocycles. The number of nitrogens with zero attached hydrogens (tertiary/aromatic N) is 1. The zero-order chi connectivity index (χ0) is 11.8. The summed E-state index contributed by atoms with van der Waals surface area (Å²) >= 11 is 12.1. The van der Waals surface area contributed by atoms with E-state index in [9.17, 15) is 4.79 Å². The monoisotopic (exact) mass is 257 g/mol. The molecule has 0 aromatic heterocycles. The third-order valence-electron chi connectivity index (χ3n) is 2.99. The molecule has 1 heterocycles. The van der Waals surface area contributed by atoms with Gasteiger partial charge in [0.2, 0.25) is 0 Å². The van der Waals surface area contributed by atoms with E-state index in [1.807, 2.05) is 24.3 Å². The van der Waals surface area contributed by atoms with Gasteiger partial charge in [0.15, 0.2) is 4.87 Å². The van der Waals surface area contributed by atoms with Crippen LogP contribution in [0.2, 0.25) is 0 Å². The second-order valence-corrected chi connectivity index (χ2v) is 5.00. The molecule has 0 radical (unpaired) electrons. The molecule has 0 aliphatic carbocycles. The molecule has 2 nitrogen and oxygen atoms in total. The number of amides is 1. The Morgan fingerprint density at radius 3 is 2.75 bits per heavy atom. The quantitative estimate of drug-likeness (QED) is 0.763. The van der Waals surface area contributed by atoms with E-state index in [2.05, 4.69) is 0 Å². The van der Waals surface area contributed by atoms with Crippen molar-refractivity contribution in [1.29, 1.82) is 0 Å². The Balaban J connectivity index is 2.43. The third-order valence-corrected chi connectivity index (χ3v) is 3.81. The number of anilines is 1. The molecule has 4 heteroatoms. The van der Waals surface area contributed by atoms with Gasteiger partial charge in [-0.25, -0.2) is 0 Å². The highest BCUT2D eigenvalue weighted by Crippen LogP contribution is 2.46. The van der Waals surface area contributed by atoms with Crippen molar-refractivity contribution in [3.63, 3.8) is 0 Å². The first-order valence-electron chi connectivity index (χ1n) is 5.24. The molecule has 0 N–H and O–H groups in total. The van der Waals surface area contributed by atoms with Crippen LogP contribution in [0, 0.1) is 0 Å². The van der Waals surface area contributed by atoms with E-state index in [0.717, 1.165) is 17.7 Å². The Morgan fingerprint density at radius 1 is 1.38 bits per heavy atom. The summed E-state index contributed by atoms with van der Waals surface area (Å²) in [6.45, 7) is 0. The van der Waals surface area contributed by atoms with Gasteiger partial charge in [-0.05, 0) is 18.9 Å². The van der Waals surface area contributed by atoms with E-state index in [-0.39, 0.29) is 5.91 Å². The molecular weight excluding hydrogens is 245 g/mol. The Kier molecular flexibility index (Phi) is 3.13. The predicted octanol–water partition coefficient (Wildman–Crippen LogP) is 3.12. The van der Waals surface area contributed by atoms with Gasteiger partial charge in [-0.3, -0.25) is 4.79 Å². The molecule has 0 bridgehead atoms. The molecule has 2 rings (SSSR count). The van der Waals surface area contributed by atoms with Crippen LogP contribution in [0.15, 0.2) is 24.3 Å². The summed E-state index contributed by atoms with van der Waals surface area (Å²) < 4.78 is 0. The summed E-state index contributed by atoms with van der Waals surface area (Å²) in [5, 5.41) is 0. The first-order chi connectivity index (χ1) is 7.61. The normalized spacial score (nSPS) is 23.7. The standard InChI is InChI=1S/C12H13Cl2NO/c1-15-10-6-3-2-5-9(10)12(14,11(15)16)7-4-8-13/h2-3,5-6H,4,7-8H2,1H3. The summed E-state index contributed by atoms with van der Waals surface area (Å²) in [6.07, 6.45) is 1.32. The summed E-state index contributed by atoms with van der Waals surface area (Å²) in [6, 6.07) is 7.64. The van der Waals surface area contributed by atoms with Crippen molar-refractivity contribution in [1.82, 2.24) is 0 Å².